The average molecular weight is 317 g/mol. The van der Waals surface area contributed by atoms with Crippen LogP contribution in [0.2, 0.25) is 0 Å². The standard InChI is InChI=1S/C16H19N3O2S/c1-4-9-17-16(20)12(3)22-10-14-18-15(19-21-14)13-8-6-5-7-11(13)2/h4-8,12H,1,9-10H2,2-3H3,(H,17,20)/t12-/m0/s1. The van der Waals surface area contributed by atoms with Gasteiger partial charge in [-0.25, -0.2) is 0 Å². The lowest BCUT2D eigenvalue weighted by Crippen LogP contribution is -2.30. The lowest BCUT2D eigenvalue weighted by molar-refractivity contribution is -0.120. The van der Waals surface area contributed by atoms with Crippen molar-refractivity contribution < 1.29 is 9.32 Å². The molecule has 1 aromatic carbocycles. The highest BCUT2D eigenvalue weighted by atomic mass is 32.2. The van der Waals surface area contributed by atoms with E-state index in [0.717, 1.165) is 11.1 Å². The van der Waals surface area contributed by atoms with E-state index >= 15 is 0 Å². The molecule has 116 valence electrons. The maximum atomic E-state index is 11.7. The smallest absolute Gasteiger partial charge is 0.236 e. The van der Waals surface area contributed by atoms with Crippen LogP contribution in [0.1, 0.15) is 18.4 Å². The van der Waals surface area contributed by atoms with Crippen LogP contribution < -0.4 is 5.32 Å². The highest BCUT2D eigenvalue weighted by Crippen LogP contribution is 2.22. The van der Waals surface area contributed by atoms with Crippen molar-refractivity contribution in [2.75, 3.05) is 6.54 Å². The molecule has 1 aromatic heterocycles. The molecule has 5 nitrogen and oxygen atoms in total. The molecule has 2 aromatic rings. The number of amides is 1. The SMILES string of the molecule is C=CCNC(=O)[C@H](C)SCc1nc(-c2ccccc2C)no1. The fraction of sp³-hybridized carbons (Fsp3) is 0.312. The van der Waals surface area contributed by atoms with E-state index in [1.807, 2.05) is 38.1 Å². The highest BCUT2D eigenvalue weighted by molar-refractivity contribution is 7.99. The van der Waals surface area contributed by atoms with Crippen molar-refractivity contribution in [1.82, 2.24) is 15.5 Å². The zero-order chi connectivity index (χ0) is 15.9. The van der Waals surface area contributed by atoms with Crippen LogP contribution in [0.15, 0.2) is 41.4 Å². The summed E-state index contributed by atoms with van der Waals surface area (Å²) in [4.78, 5) is 16.1. The van der Waals surface area contributed by atoms with Crippen LogP contribution in [-0.2, 0) is 10.5 Å². The Bertz CT molecular complexity index is 654. The molecule has 0 unspecified atom stereocenters. The number of benzene rings is 1. The topological polar surface area (TPSA) is 68.0 Å². The number of nitrogens with one attached hydrogen (secondary N) is 1. The third kappa shape index (κ3) is 4.21. The average Bonchev–Trinajstić information content (AvgIpc) is 2.99. The quantitative estimate of drug-likeness (QED) is 0.795. The minimum Gasteiger partial charge on any atom is -0.352 e. The molecule has 0 aliphatic heterocycles. The van der Waals surface area contributed by atoms with Gasteiger partial charge < -0.3 is 9.84 Å². The van der Waals surface area contributed by atoms with Gasteiger partial charge in [0.05, 0.1) is 11.0 Å². The molecule has 0 saturated heterocycles. The molecule has 0 fully saturated rings. The molecule has 0 aliphatic rings. The number of hydrogen-bond donors (Lipinski definition) is 1. The van der Waals surface area contributed by atoms with E-state index in [1.165, 1.54) is 11.8 Å². The van der Waals surface area contributed by atoms with E-state index in [2.05, 4.69) is 22.0 Å². The second-order valence-corrected chi connectivity index (χ2v) is 6.14. The number of carbonyl (C=O) groups is 1. The molecule has 1 N–H and O–H groups in total. The third-order valence-electron chi connectivity index (χ3n) is 3.10. The number of thioether (sulfide) groups is 1. The summed E-state index contributed by atoms with van der Waals surface area (Å²) in [5.41, 5.74) is 2.05. The summed E-state index contributed by atoms with van der Waals surface area (Å²) in [5, 5.41) is 6.58. The Morgan fingerprint density at radius 1 is 1.50 bits per heavy atom. The first-order chi connectivity index (χ1) is 10.6. The van der Waals surface area contributed by atoms with Crippen LogP contribution in [0, 0.1) is 6.92 Å². The molecule has 1 heterocycles. The molecule has 6 heteroatoms. The molecule has 0 bridgehead atoms. The van der Waals surface area contributed by atoms with Gasteiger partial charge in [0.1, 0.15) is 0 Å². The fourth-order valence-electron chi connectivity index (χ4n) is 1.84. The van der Waals surface area contributed by atoms with E-state index in [1.54, 1.807) is 6.08 Å². The van der Waals surface area contributed by atoms with Crippen molar-refractivity contribution in [3.63, 3.8) is 0 Å². The largest absolute Gasteiger partial charge is 0.352 e. The first kappa shape index (κ1) is 16.3. The first-order valence-corrected chi connectivity index (χ1v) is 8.05. The predicted molar refractivity (Wildman–Crippen MR) is 88.4 cm³/mol. The Labute approximate surface area is 134 Å². The molecule has 2 rings (SSSR count). The third-order valence-corrected chi connectivity index (χ3v) is 4.23. The number of nitrogens with zero attached hydrogens (tertiary/aromatic N) is 2. The van der Waals surface area contributed by atoms with E-state index in [9.17, 15) is 4.79 Å². The summed E-state index contributed by atoms with van der Waals surface area (Å²) in [6, 6.07) is 7.88. The summed E-state index contributed by atoms with van der Waals surface area (Å²) in [7, 11) is 0. The molecule has 22 heavy (non-hydrogen) atoms. The van der Waals surface area contributed by atoms with Crippen LogP contribution >= 0.6 is 11.8 Å². The summed E-state index contributed by atoms with van der Waals surface area (Å²) >= 11 is 1.46. The molecule has 0 aliphatic carbocycles. The second kappa shape index (κ2) is 7.79. The van der Waals surface area contributed by atoms with E-state index in [4.69, 9.17) is 4.52 Å². The minimum atomic E-state index is -0.186. The maximum absolute atomic E-state index is 11.7. The summed E-state index contributed by atoms with van der Waals surface area (Å²) < 4.78 is 5.26. The Morgan fingerprint density at radius 3 is 3.00 bits per heavy atom. The highest BCUT2D eigenvalue weighted by Gasteiger charge is 2.15. The minimum absolute atomic E-state index is 0.0245. The molecule has 0 spiro atoms. The van der Waals surface area contributed by atoms with Crippen molar-refractivity contribution >= 4 is 17.7 Å². The van der Waals surface area contributed by atoms with Gasteiger partial charge in [-0.2, -0.15) is 4.98 Å². The van der Waals surface area contributed by atoms with Crippen LogP contribution in [0.3, 0.4) is 0 Å². The number of rotatable bonds is 7. The number of hydrogen-bond acceptors (Lipinski definition) is 5. The molecule has 1 atom stereocenters. The lowest BCUT2D eigenvalue weighted by atomic mass is 10.1. The fourth-order valence-corrected chi connectivity index (χ4v) is 2.58. The van der Waals surface area contributed by atoms with Gasteiger partial charge in [0.15, 0.2) is 0 Å². The summed E-state index contributed by atoms with van der Waals surface area (Å²) in [6.07, 6.45) is 1.65. The second-order valence-electron chi connectivity index (χ2n) is 4.81. The van der Waals surface area contributed by atoms with Gasteiger partial charge in [-0.1, -0.05) is 35.5 Å². The normalized spacial score (nSPS) is 11.9. The number of aromatic nitrogens is 2. The Kier molecular flexibility index (Phi) is 5.77. The van der Waals surface area contributed by atoms with Crippen LogP contribution in [0.25, 0.3) is 11.4 Å². The van der Waals surface area contributed by atoms with Crippen molar-refractivity contribution in [3.05, 3.63) is 48.4 Å². The Balaban J connectivity index is 1.94. The molecule has 0 saturated carbocycles. The van der Waals surface area contributed by atoms with E-state index in [0.29, 0.717) is 24.0 Å². The van der Waals surface area contributed by atoms with Gasteiger partial charge in [0.25, 0.3) is 0 Å². The number of carbonyl (C=O) groups excluding carboxylic acids is 1. The van der Waals surface area contributed by atoms with E-state index in [-0.39, 0.29) is 11.2 Å². The van der Waals surface area contributed by atoms with Gasteiger partial charge in [-0.15, -0.1) is 18.3 Å². The molecular weight excluding hydrogens is 298 g/mol. The van der Waals surface area contributed by atoms with Gasteiger partial charge in [0, 0.05) is 12.1 Å². The predicted octanol–water partition coefficient (Wildman–Crippen LogP) is 2.97. The zero-order valence-corrected chi connectivity index (χ0v) is 13.5. The lowest BCUT2D eigenvalue weighted by Gasteiger charge is -2.08. The Hall–Kier alpha value is -2.08. The Morgan fingerprint density at radius 2 is 2.27 bits per heavy atom. The number of aryl methyl sites for hydroxylation is 1. The van der Waals surface area contributed by atoms with Gasteiger partial charge in [-0.05, 0) is 19.4 Å². The van der Waals surface area contributed by atoms with Crippen molar-refractivity contribution in [2.24, 2.45) is 0 Å². The van der Waals surface area contributed by atoms with E-state index < -0.39 is 0 Å². The van der Waals surface area contributed by atoms with Crippen LogP contribution in [-0.4, -0.2) is 27.8 Å². The van der Waals surface area contributed by atoms with Crippen LogP contribution in [0.5, 0.6) is 0 Å². The molecule has 0 radical (unpaired) electrons. The monoisotopic (exact) mass is 317 g/mol. The van der Waals surface area contributed by atoms with Gasteiger partial charge >= 0.3 is 0 Å². The molecule has 1 amide bonds. The first-order valence-electron chi connectivity index (χ1n) is 7.00. The molecular formula is C16H19N3O2S. The summed E-state index contributed by atoms with van der Waals surface area (Å²) in [6.45, 7) is 7.90. The van der Waals surface area contributed by atoms with Gasteiger partial charge in [0.2, 0.25) is 17.6 Å². The summed E-state index contributed by atoms with van der Waals surface area (Å²) in [5.74, 6) is 1.58. The maximum Gasteiger partial charge on any atom is 0.236 e. The van der Waals surface area contributed by atoms with Crippen molar-refractivity contribution in [1.29, 1.82) is 0 Å². The van der Waals surface area contributed by atoms with Crippen molar-refractivity contribution in [3.8, 4) is 11.4 Å². The van der Waals surface area contributed by atoms with Crippen molar-refractivity contribution in [2.45, 2.75) is 24.9 Å². The van der Waals surface area contributed by atoms with Crippen LogP contribution in [0.4, 0.5) is 0 Å². The zero-order valence-electron chi connectivity index (χ0n) is 12.7. The van der Waals surface area contributed by atoms with Gasteiger partial charge in [-0.3, -0.25) is 4.79 Å².